The molecule has 1 aromatic carbocycles. The van der Waals surface area contributed by atoms with Gasteiger partial charge in [-0.1, -0.05) is 42.3 Å². The van der Waals surface area contributed by atoms with Gasteiger partial charge in [-0.05, 0) is 37.7 Å². The topological polar surface area (TPSA) is 51.0 Å². The van der Waals surface area contributed by atoms with E-state index in [9.17, 15) is 0 Å². The SMILES string of the molecule is Cc1ccccc1-c1noc(C2CC3CCCCC3N2)n1. The molecule has 2 aliphatic rings. The van der Waals surface area contributed by atoms with Gasteiger partial charge in [-0.3, -0.25) is 0 Å². The van der Waals surface area contributed by atoms with Crippen LogP contribution in [0.5, 0.6) is 0 Å². The van der Waals surface area contributed by atoms with Gasteiger partial charge in [-0.15, -0.1) is 0 Å². The lowest BCUT2D eigenvalue weighted by Crippen LogP contribution is -2.30. The van der Waals surface area contributed by atoms with Crippen LogP contribution >= 0.6 is 0 Å². The van der Waals surface area contributed by atoms with Gasteiger partial charge in [0.05, 0.1) is 6.04 Å². The van der Waals surface area contributed by atoms with E-state index in [1.54, 1.807) is 0 Å². The monoisotopic (exact) mass is 283 g/mol. The molecule has 2 fully saturated rings. The highest BCUT2D eigenvalue weighted by Crippen LogP contribution is 2.39. The molecule has 110 valence electrons. The van der Waals surface area contributed by atoms with E-state index in [2.05, 4.69) is 28.4 Å². The Kier molecular flexibility index (Phi) is 3.26. The molecule has 0 spiro atoms. The Labute approximate surface area is 124 Å². The standard InChI is InChI=1S/C17H21N3O/c1-11-6-2-4-8-13(11)16-19-17(21-20-16)15-10-12-7-3-5-9-14(12)18-15/h2,4,6,8,12,14-15,18H,3,5,7,9-10H2,1H3. The number of aromatic nitrogens is 2. The number of aryl methyl sites for hydroxylation is 1. The summed E-state index contributed by atoms with van der Waals surface area (Å²) in [5.74, 6) is 2.25. The van der Waals surface area contributed by atoms with E-state index in [1.165, 1.54) is 31.2 Å². The van der Waals surface area contributed by atoms with Gasteiger partial charge in [0.25, 0.3) is 0 Å². The second-order valence-electron chi connectivity index (χ2n) is 6.38. The highest BCUT2D eigenvalue weighted by atomic mass is 16.5. The molecule has 4 heteroatoms. The summed E-state index contributed by atoms with van der Waals surface area (Å²) in [6, 6.07) is 9.06. The molecule has 4 rings (SSSR count). The Morgan fingerprint density at radius 2 is 2.05 bits per heavy atom. The second-order valence-corrected chi connectivity index (χ2v) is 6.38. The minimum atomic E-state index is 0.239. The summed E-state index contributed by atoms with van der Waals surface area (Å²) in [5.41, 5.74) is 2.24. The zero-order chi connectivity index (χ0) is 14.2. The summed E-state index contributed by atoms with van der Waals surface area (Å²) in [7, 11) is 0. The van der Waals surface area contributed by atoms with Crippen molar-refractivity contribution in [2.45, 2.75) is 51.1 Å². The lowest BCUT2D eigenvalue weighted by molar-refractivity contribution is 0.324. The molecule has 1 N–H and O–H groups in total. The number of nitrogens with zero attached hydrogens (tertiary/aromatic N) is 2. The normalized spacial score (nSPS) is 28.5. The highest BCUT2D eigenvalue weighted by Gasteiger charge is 2.38. The Bertz CT molecular complexity index is 622. The Morgan fingerprint density at radius 1 is 1.19 bits per heavy atom. The van der Waals surface area contributed by atoms with Crippen molar-refractivity contribution >= 4 is 0 Å². The van der Waals surface area contributed by atoms with Crippen LogP contribution in [-0.2, 0) is 0 Å². The number of nitrogens with one attached hydrogen (secondary N) is 1. The van der Waals surface area contributed by atoms with Crippen molar-refractivity contribution in [1.82, 2.24) is 15.5 Å². The first-order valence-electron chi connectivity index (χ1n) is 7.97. The average molecular weight is 283 g/mol. The van der Waals surface area contributed by atoms with Crippen molar-refractivity contribution < 1.29 is 4.52 Å². The maximum absolute atomic E-state index is 5.54. The van der Waals surface area contributed by atoms with Gasteiger partial charge < -0.3 is 9.84 Å². The molecule has 4 nitrogen and oxygen atoms in total. The number of fused-ring (bicyclic) bond motifs is 1. The Balaban J connectivity index is 1.56. The largest absolute Gasteiger partial charge is 0.337 e. The van der Waals surface area contributed by atoms with Crippen molar-refractivity contribution in [3.8, 4) is 11.4 Å². The van der Waals surface area contributed by atoms with Crippen LogP contribution < -0.4 is 5.32 Å². The van der Waals surface area contributed by atoms with Gasteiger partial charge in [0.15, 0.2) is 0 Å². The van der Waals surface area contributed by atoms with Crippen LogP contribution in [0.25, 0.3) is 11.4 Å². The predicted molar refractivity (Wildman–Crippen MR) is 80.7 cm³/mol. The van der Waals surface area contributed by atoms with E-state index in [0.29, 0.717) is 11.9 Å². The highest BCUT2D eigenvalue weighted by molar-refractivity contribution is 5.58. The van der Waals surface area contributed by atoms with Gasteiger partial charge in [0.2, 0.25) is 11.7 Å². The van der Waals surface area contributed by atoms with Gasteiger partial charge in [0.1, 0.15) is 0 Å². The van der Waals surface area contributed by atoms with E-state index in [4.69, 9.17) is 4.52 Å². The first-order chi connectivity index (χ1) is 10.3. The smallest absolute Gasteiger partial charge is 0.244 e. The summed E-state index contributed by atoms with van der Waals surface area (Å²) < 4.78 is 5.54. The van der Waals surface area contributed by atoms with Crippen molar-refractivity contribution in [2.24, 2.45) is 5.92 Å². The van der Waals surface area contributed by atoms with Gasteiger partial charge >= 0.3 is 0 Å². The van der Waals surface area contributed by atoms with Crippen LogP contribution in [0.4, 0.5) is 0 Å². The molecule has 1 saturated heterocycles. The van der Waals surface area contributed by atoms with Gasteiger partial charge in [-0.25, -0.2) is 0 Å². The second kappa shape index (κ2) is 5.26. The predicted octanol–water partition coefficient (Wildman–Crippen LogP) is 3.64. The van der Waals surface area contributed by atoms with Crippen molar-refractivity contribution in [1.29, 1.82) is 0 Å². The summed E-state index contributed by atoms with van der Waals surface area (Å²) in [6.07, 6.45) is 6.49. The summed E-state index contributed by atoms with van der Waals surface area (Å²) >= 11 is 0. The zero-order valence-electron chi connectivity index (χ0n) is 12.4. The first kappa shape index (κ1) is 13.0. The minimum absolute atomic E-state index is 0.239. The third kappa shape index (κ3) is 2.38. The fourth-order valence-corrected chi connectivity index (χ4v) is 3.82. The maximum atomic E-state index is 5.54. The number of benzene rings is 1. The molecule has 21 heavy (non-hydrogen) atoms. The molecule has 1 saturated carbocycles. The Morgan fingerprint density at radius 3 is 2.90 bits per heavy atom. The third-order valence-corrected chi connectivity index (χ3v) is 4.99. The molecular formula is C17H21N3O. The van der Waals surface area contributed by atoms with E-state index in [1.807, 2.05) is 18.2 Å². The first-order valence-corrected chi connectivity index (χ1v) is 7.97. The quantitative estimate of drug-likeness (QED) is 0.914. The summed E-state index contributed by atoms with van der Waals surface area (Å²) in [5, 5.41) is 7.88. The maximum Gasteiger partial charge on any atom is 0.244 e. The van der Waals surface area contributed by atoms with Crippen molar-refractivity contribution in [3.63, 3.8) is 0 Å². The van der Waals surface area contributed by atoms with E-state index >= 15 is 0 Å². The molecule has 2 aromatic rings. The van der Waals surface area contributed by atoms with Crippen molar-refractivity contribution in [2.75, 3.05) is 0 Å². The molecule has 3 atom stereocenters. The molecule has 1 aromatic heterocycles. The summed E-state index contributed by atoms with van der Waals surface area (Å²) in [6.45, 7) is 2.08. The molecule has 1 aliphatic heterocycles. The zero-order valence-corrected chi connectivity index (χ0v) is 12.4. The molecule has 1 aliphatic carbocycles. The van der Waals surface area contributed by atoms with Gasteiger partial charge in [-0.2, -0.15) is 4.98 Å². The van der Waals surface area contributed by atoms with E-state index in [0.717, 1.165) is 23.8 Å². The van der Waals surface area contributed by atoms with Crippen LogP contribution in [0, 0.1) is 12.8 Å². The molecule has 0 amide bonds. The number of hydrogen-bond acceptors (Lipinski definition) is 4. The number of hydrogen-bond donors (Lipinski definition) is 1. The third-order valence-electron chi connectivity index (χ3n) is 4.99. The fraction of sp³-hybridized carbons (Fsp3) is 0.529. The molecule has 0 radical (unpaired) electrons. The Hall–Kier alpha value is -1.68. The van der Waals surface area contributed by atoms with E-state index < -0.39 is 0 Å². The lowest BCUT2D eigenvalue weighted by atomic mass is 9.85. The summed E-state index contributed by atoms with van der Waals surface area (Å²) in [4.78, 5) is 4.64. The van der Waals surface area contributed by atoms with Crippen LogP contribution in [-0.4, -0.2) is 16.2 Å². The van der Waals surface area contributed by atoms with Crippen molar-refractivity contribution in [3.05, 3.63) is 35.7 Å². The van der Waals surface area contributed by atoms with Crippen LogP contribution in [0.1, 0.15) is 49.6 Å². The minimum Gasteiger partial charge on any atom is -0.337 e. The fourth-order valence-electron chi connectivity index (χ4n) is 3.82. The molecule has 3 unspecified atom stereocenters. The van der Waals surface area contributed by atoms with Crippen LogP contribution in [0.3, 0.4) is 0 Å². The van der Waals surface area contributed by atoms with E-state index in [-0.39, 0.29) is 6.04 Å². The van der Waals surface area contributed by atoms with Crippen LogP contribution in [0.2, 0.25) is 0 Å². The number of rotatable bonds is 2. The van der Waals surface area contributed by atoms with Gasteiger partial charge in [0, 0.05) is 11.6 Å². The average Bonchev–Trinajstić information content (AvgIpc) is 3.14. The van der Waals surface area contributed by atoms with Crippen LogP contribution in [0.15, 0.2) is 28.8 Å². The molecular weight excluding hydrogens is 262 g/mol. The molecule has 2 heterocycles. The lowest BCUT2D eigenvalue weighted by Gasteiger charge is -2.24. The molecule has 0 bridgehead atoms.